The molecule has 1 fully saturated rings. The number of piperidine rings is 1. The van der Waals surface area contributed by atoms with Gasteiger partial charge in [0, 0.05) is 6.07 Å². The van der Waals surface area contributed by atoms with Crippen LogP contribution in [-0.4, -0.2) is 31.1 Å². The molecule has 0 N–H and O–H groups in total. The minimum atomic E-state index is -0.269. The normalized spacial score (nSPS) is 16.1. The minimum absolute atomic E-state index is 0.269. The van der Waals surface area contributed by atoms with Crippen LogP contribution >= 0.6 is 15.9 Å². The molecule has 1 aliphatic heterocycles. The van der Waals surface area contributed by atoms with Gasteiger partial charge in [-0.05, 0) is 73.4 Å². The first kappa shape index (κ1) is 16.8. The van der Waals surface area contributed by atoms with E-state index in [0.29, 0.717) is 16.8 Å². The summed E-state index contributed by atoms with van der Waals surface area (Å²) in [5.74, 6) is 0.345. The third kappa shape index (κ3) is 6.35. The molecule has 0 saturated carbocycles. The molecule has 0 spiro atoms. The fraction of sp³-hybridized carbons (Fsp3) is 0.647. The lowest BCUT2D eigenvalue weighted by molar-refractivity contribution is 0.223. The van der Waals surface area contributed by atoms with Crippen LogP contribution in [0.25, 0.3) is 0 Å². The second-order valence-corrected chi connectivity index (χ2v) is 6.60. The summed E-state index contributed by atoms with van der Waals surface area (Å²) in [6.45, 7) is 4.50. The predicted octanol–water partition coefficient (Wildman–Crippen LogP) is 5.01. The molecule has 0 radical (unpaired) electrons. The molecule has 4 heteroatoms. The van der Waals surface area contributed by atoms with Gasteiger partial charge in [0.1, 0.15) is 11.6 Å². The summed E-state index contributed by atoms with van der Waals surface area (Å²) >= 11 is 3.14. The Bertz CT molecular complexity index is 421. The monoisotopic (exact) mass is 357 g/mol. The Kier molecular flexibility index (Phi) is 7.51. The number of halogens is 2. The first-order valence-corrected chi connectivity index (χ1v) is 8.85. The fourth-order valence-corrected chi connectivity index (χ4v) is 2.98. The van der Waals surface area contributed by atoms with Crippen LogP contribution in [0.5, 0.6) is 5.75 Å². The van der Waals surface area contributed by atoms with Crippen LogP contribution < -0.4 is 4.74 Å². The Morgan fingerprint density at radius 2 is 1.81 bits per heavy atom. The average molecular weight is 358 g/mol. The maximum absolute atomic E-state index is 13.3. The van der Waals surface area contributed by atoms with Crippen LogP contribution in [0.2, 0.25) is 0 Å². The van der Waals surface area contributed by atoms with Crippen molar-refractivity contribution in [1.29, 1.82) is 0 Å². The number of nitrogens with zero attached hydrogens (tertiary/aromatic N) is 1. The van der Waals surface area contributed by atoms with E-state index in [1.54, 1.807) is 12.1 Å². The highest BCUT2D eigenvalue weighted by atomic mass is 79.9. The summed E-state index contributed by atoms with van der Waals surface area (Å²) < 4.78 is 19.3. The van der Waals surface area contributed by atoms with Crippen LogP contribution in [0.1, 0.15) is 44.9 Å². The lowest BCUT2D eigenvalue weighted by Gasteiger charge is -2.26. The molecule has 21 heavy (non-hydrogen) atoms. The molecule has 0 unspecified atom stereocenters. The maximum Gasteiger partial charge on any atom is 0.141 e. The number of hydrogen-bond donors (Lipinski definition) is 0. The summed E-state index contributed by atoms with van der Waals surface area (Å²) in [7, 11) is 0. The zero-order valence-corrected chi connectivity index (χ0v) is 14.2. The number of benzene rings is 1. The van der Waals surface area contributed by atoms with Crippen molar-refractivity contribution >= 4 is 15.9 Å². The highest BCUT2D eigenvalue weighted by Crippen LogP contribution is 2.21. The topological polar surface area (TPSA) is 12.5 Å². The van der Waals surface area contributed by atoms with Crippen molar-refractivity contribution in [2.75, 3.05) is 26.2 Å². The van der Waals surface area contributed by atoms with Crippen molar-refractivity contribution in [3.63, 3.8) is 0 Å². The van der Waals surface area contributed by atoms with Gasteiger partial charge in [-0.1, -0.05) is 19.3 Å². The molecule has 0 atom stereocenters. The van der Waals surface area contributed by atoms with E-state index in [0.717, 1.165) is 6.42 Å². The van der Waals surface area contributed by atoms with E-state index in [2.05, 4.69) is 20.8 Å². The molecular weight excluding hydrogens is 333 g/mol. The van der Waals surface area contributed by atoms with E-state index in [4.69, 9.17) is 4.74 Å². The Balaban J connectivity index is 1.48. The van der Waals surface area contributed by atoms with Gasteiger partial charge in [-0.3, -0.25) is 0 Å². The third-order valence-electron chi connectivity index (χ3n) is 3.98. The molecule has 2 rings (SSSR count). The first-order chi connectivity index (χ1) is 10.3. The van der Waals surface area contributed by atoms with Crippen molar-refractivity contribution < 1.29 is 9.13 Å². The largest absolute Gasteiger partial charge is 0.493 e. The summed E-state index contributed by atoms with van der Waals surface area (Å²) in [4.78, 5) is 2.59. The molecule has 1 aromatic carbocycles. The highest BCUT2D eigenvalue weighted by molar-refractivity contribution is 9.10. The fourth-order valence-electron chi connectivity index (χ4n) is 2.73. The van der Waals surface area contributed by atoms with E-state index in [1.807, 2.05) is 0 Å². The van der Waals surface area contributed by atoms with Crippen LogP contribution in [0.3, 0.4) is 0 Å². The van der Waals surface area contributed by atoms with Crippen molar-refractivity contribution in [2.45, 2.75) is 44.9 Å². The van der Waals surface area contributed by atoms with Gasteiger partial charge in [-0.15, -0.1) is 0 Å². The Morgan fingerprint density at radius 3 is 2.57 bits per heavy atom. The van der Waals surface area contributed by atoms with Crippen molar-refractivity contribution in [2.24, 2.45) is 0 Å². The third-order valence-corrected chi connectivity index (χ3v) is 4.62. The molecule has 118 valence electrons. The van der Waals surface area contributed by atoms with Crippen LogP contribution in [0, 0.1) is 5.82 Å². The molecule has 0 bridgehead atoms. The number of ether oxygens (including phenoxy) is 1. The van der Waals surface area contributed by atoms with Gasteiger partial charge in [0.25, 0.3) is 0 Å². The molecule has 1 saturated heterocycles. The van der Waals surface area contributed by atoms with Gasteiger partial charge in [0.05, 0.1) is 11.1 Å². The SMILES string of the molecule is Fc1cc(OCCCCCCN2CCCCC2)ccc1Br. The lowest BCUT2D eigenvalue weighted by Crippen LogP contribution is -2.30. The number of unbranched alkanes of at least 4 members (excludes halogenated alkanes) is 3. The second kappa shape index (κ2) is 9.42. The van der Waals surface area contributed by atoms with Crippen LogP contribution in [0.4, 0.5) is 4.39 Å². The molecule has 0 amide bonds. The molecule has 2 nitrogen and oxygen atoms in total. The Labute approximate surface area is 135 Å². The van der Waals surface area contributed by atoms with Gasteiger partial charge >= 0.3 is 0 Å². The zero-order chi connectivity index (χ0) is 14.9. The van der Waals surface area contributed by atoms with Gasteiger partial charge < -0.3 is 9.64 Å². The van der Waals surface area contributed by atoms with Crippen molar-refractivity contribution in [1.82, 2.24) is 4.90 Å². The summed E-state index contributed by atoms with van der Waals surface area (Å²) in [5.41, 5.74) is 0. The van der Waals surface area contributed by atoms with Crippen LogP contribution in [-0.2, 0) is 0 Å². The summed E-state index contributed by atoms with van der Waals surface area (Å²) in [5, 5.41) is 0. The number of hydrogen-bond acceptors (Lipinski definition) is 2. The first-order valence-electron chi connectivity index (χ1n) is 8.06. The Hall–Kier alpha value is -0.610. The molecular formula is C17H25BrFNO. The Morgan fingerprint density at radius 1 is 1.05 bits per heavy atom. The molecule has 1 aliphatic rings. The lowest BCUT2D eigenvalue weighted by atomic mass is 10.1. The summed E-state index contributed by atoms with van der Waals surface area (Å²) in [6, 6.07) is 4.91. The van der Waals surface area contributed by atoms with E-state index in [9.17, 15) is 4.39 Å². The smallest absolute Gasteiger partial charge is 0.141 e. The van der Waals surface area contributed by atoms with E-state index >= 15 is 0 Å². The number of rotatable bonds is 8. The molecule has 1 aromatic rings. The van der Waals surface area contributed by atoms with Gasteiger partial charge in [-0.2, -0.15) is 0 Å². The molecule has 1 heterocycles. The quantitative estimate of drug-likeness (QED) is 0.606. The standard InChI is InChI=1S/C17H25BrFNO/c18-16-9-8-15(14-17(16)19)21-13-7-2-1-4-10-20-11-5-3-6-12-20/h8-9,14H,1-7,10-13H2. The van der Waals surface area contributed by atoms with E-state index in [-0.39, 0.29) is 5.82 Å². The van der Waals surface area contributed by atoms with Gasteiger partial charge in [0.15, 0.2) is 0 Å². The zero-order valence-electron chi connectivity index (χ0n) is 12.6. The highest BCUT2D eigenvalue weighted by Gasteiger charge is 2.08. The summed E-state index contributed by atoms with van der Waals surface area (Å²) in [6.07, 6.45) is 8.92. The molecule has 0 aromatic heterocycles. The van der Waals surface area contributed by atoms with Crippen molar-refractivity contribution in [3.8, 4) is 5.75 Å². The second-order valence-electron chi connectivity index (χ2n) is 5.74. The maximum atomic E-state index is 13.3. The van der Waals surface area contributed by atoms with E-state index in [1.165, 1.54) is 64.2 Å². The molecule has 0 aliphatic carbocycles. The van der Waals surface area contributed by atoms with Gasteiger partial charge in [0.2, 0.25) is 0 Å². The number of likely N-dealkylation sites (tertiary alicyclic amines) is 1. The van der Waals surface area contributed by atoms with Gasteiger partial charge in [-0.25, -0.2) is 4.39 Å². The van der Waals surface area contributed by atoms with E-state index < -0.39 is 0 Å². The minimum Gasteiger partial charge on any atom is -0.493 e. The average Bonchev–Trinajstić information content (AvgIpc) is 2.51. The predicted molar refractivity (Wildman–Crippen MR) is 88.4 cm³/mol. The van der Waals surface area contributed by atoms with Crippen LogP contribution in [0.15, 0.2) is 22.7 Å². The van der Waals surface area contributed by atoms with Crippen molar-refractivity contribution in [3.05, 3.63) is 28.5 Å².